The summed E-state index contributed by atoms with van der Waals surface area (Å²) in [5, 5.41) is 12.3. The molecule has 2 atom stereocenters. The van der Waals surface area contributed by atoms with E-state index in [1.165, 1.54) is 11.3 Å². The lowest BCUT2D eigenvalue weighted by Gasteiger charge is -2.24. The molecule has 27 heavy (non-hydrogen) atoms. The molecule has 1 aromatic carbocycles. The van der Waals surface area contributed by atoms with Crippen molar-refractivity contribution in [1.82, 2.24) is 15.1 Å². The van der Waals surface area contributed by atoms with E-state index >= 15 is 0 Å². The zero-order chi connectivity index (χ0) is 19.1. The fourth-order valence-corrected chi connectivity index (χ4v) is 4.12. The van der Waals surface area contributed by atoms with E-state index in [4.69, 9.17) is 9.47 Å². The van der Waals surface area contributed by atoms with Crippen LogP contribution in [-0.2, 0) is 9.59 Å². The normalized spacial score (nSPS) is 21.2. The van der Waals surface area contributed by atoms with Crippen molar-refractivity contribution in [2.75, 3.05) is 19.2 Å². The molecule has 2 amide bonds. The smallest absolute Gasteiger partial charge is 0.232 e. The van der Waals surface area contributed by atoms with E-state index in [9.17, 15) is 9.59 Å². The predicted octanol–water partition coefficient (Wildman–Crippen LogP) is 2.55. The van der Waals surface area contributed by atoms with Gasteiger partial charge in [-0.05, 0) is 17.7 Å². The maximum Gasteiger partial charge on any atom is 0.232 e. The van der Waals surface area contributed by atoms with Crippen LogP contribution in [-0.4, -0.2) is 40.8 Å². The van der Waals surface area contributed by atoms with Gasteiger partial charge in [-0.15, -0.1) is 10.2 Å². The topological polar surface area (TPSA) is 93.7 Å². The van der Waals surface area contributed by atoms with Crippen LogP contribution in [0.4, 0.5) is 5.13 Å². The number of amides is 2. The molecule has 1 N–H and O–H groups in total. The maximum absolute atomic E-state index is 12.9. The first-order chi connectivity index (χ1) is 12.9. The lowest BCUT2D eigenvalue weighted by atomic mass is 9.92. The zero-order valence-corrected chi connectivity index (χ0v) is 16.1. The number of nitrogens with zero attached hydrogens (tertiary/aromatic N) is 3. The van der Waals surface area contributed by atoms with Gasteiger partial charge in [-0.25, -0.2) is 0 Å². The molecule has 2 aromatic rings. The fourth-order valence-electron chi connectivity index (χ4n) is 3.37. The Morgan fingerprint density at radius 2 is 2.07 bits per heavy atom. The molecule has 8 nitrogen and oxygen atoms in total. The van der Waals surface area contributed by atoms with Gasteiger partial charge in [0.25, 0.3) is 0 Å². The zero-order valence-electron chi connectivity index (χ0n) is 15.3. The van der Waals surface area contributed by atoms with Crippen LogP contribution >= 0.6 is 11.3 Å². The highest BCUT2D eigenvalue weighted by Crippen LogP contribution is 2.42. The van der Waals surface area contributed by atoms with Crippen LogP contribution in [0.1, 0.15) is 42.8 Å². The van der Waals surface area contributed by atoms with Gasteiger partial charge in [-0.3, -0.25) is 9.59 Å². The largest absolute Gasteiger partial charge is 0.454 e. The number of hydrogen-bond donors (Lipinski definition) is 1. The Balaban J connectivity index is 1.58. The SMILES string of the molecule is CC(C)c1nnc(NC(=O)[C@@H]2CC(=O)N(C)[C@H]2c2ccc3c(c2)OCO3)s1. The van der Waals surface area contributed by atoms with Crippen LogP contribution in [0.25, 0.3) is 0 Å². The van der Waals surface area contributed by atoms with Crippen molar-refractivity contribution in [3.8, 4) is 11.5 Å². The first kappa shape index (κ1) is 17.7. The van der Waals surface area contributed by atoms with Crippen LogP contribution in [0.2, 0.25) is 0 Å². The van der Waals surface area contributed by atoms with Crippen molar-refractivity contribution in [2.45, 2.75) is 32.2 Å². The monoisotopic (exact) mass is 388 g/mol. The van der Waals surface area contributed by atoms with Crippen molar-refractivity contribution in [3.63, 3.8) is 0 Å². The third-order valence-corrected chi connectivity index (χ3v) is 5.97. The highest BCUT2D eigenvalue weighted by Gasteiger charge is 2.43. The van der Waals surface area contributed by atoms with Crippen molar-refractivity contribution < 1.29 is 19.1 Å². The Bertz CT molecular complexity index is 897. The molecule has 4 rings (SSSR count). The summed E-state index contributed by atoms with van der Waals surface area (Å²) in [6.45, 7) is 4.22. The molecule has 0 aliphatic carbocycles. The number of nitrogens with one attached hydrogen (secondary N) is 1. The molecule has 1 saturated heterocycles. The van der Waals surface area contributed by atoms with E-state index in [0.29, 0.717) is 16.6 Å². The number of anilines is 1. The van der Waals surface area contributed by atoms with Gasteiger partial charge in [0, 0.05) is 19.4 Å². The van der Waals surface area contributed by atoms with E-state index in [2.05, 4.69) is 15.5 Å². The van der Waals surface area contributed by atoms with Crippen LogP contribution in [0.3, 0.4) is 0 Å². The molecular weight excluding hydrogens is 368 g/mol. The fraction of sp³-hybridized carbons (Fsp3) is 0.444. The summed E-state index contributed by atoms with van der Waals surface area (Å²) in [5.41, 5.74) is 0.841. The van der Waals surface area contributed by atoms with Crippen LogP contribution in [0.5, 0.6) is 11.5 Å². The Morgan fingerprint density at radius 1 is 1.30 bits per heavy atom. The second-order valence-corrected chi connectivity index (χ2v) is 7.97. The summed E-state index contributed by atoms with van der Waals surface area (Å²) in [6.07, 6.45) is 0.150. The number of carbonyl (C=O) groups is 2. The number of fused-ring (bicyclic) bond motifs is 1. The summed E-state index contributed by atoms with van der Waals surface area (Å²) >= 11 is 1.35. The van der Waals surface area contributed by atoms with Gasteiger partial charge in [-0.1, -0.05) is 31.3 Å². The molecule has 2 aliphatic heterocycles. The average molecular weight is 388 g/mol. The van der Waals surface area contributed by atoms with Gasteiger partial charge < -0.3 is 19.7 Å². The van der Waals surface area contributed by atoms with Crippen molar-refractivity contribution >= 4 is 28.3 Å². The number of carbonyl (C=O) groups excluding carboxylic acids is 2. The average Bonchev–Trinajstić information content (AvgIpc) is 3.34. The minimum Gasteiger partial charge on any atom is -0.454 e. The second kappa shape index (κ2) is 6.80. The number of benzene rings is 1. The molecule has 9 heteroatoms. The molecule has 0 saturated carbocycles. The second-order valence-electron chi connectivity index (χ2n) is 6.96. The van der Waals surface area contributed by atoms with E-state index in [-0.39, 0.29) is 37.0 Å². The van der Waals surface area contributed by atoms with Gasteiger partial charge >= 0.3 is 0 Å². The highest BCUT2D eigenvalue weighted by atomic mass is 32.1. The van der Waals surface area contributed by atoms with Crippen LogP contribution in [0, 0.1) is 5.92 Å². The van der Waals surface area contributed by atoms with Gasteiger partial charge in [0.15, 0.2) is 11.5 Å². The lowest BCUT2D eigenvalue weighted by Crippen LogP contribution is -2.30. The molecule has 0 bridgehead atoms. The minimum absolute atomic E-state index is 0.0713. The molecule has 0 spiro atoms. The Labute approximate surface area is 160 Å². The lowest BCUT2D eigenvalue weighted by molar-refractivity contribution is -0.127. The molecule has 0 unspecified atom stereocenters. The predicted molar refractivity (Wildman–Crippen MR) is 98.8 cm³/mol. The van der Waals surface area contributed by atoms with Crippen molar-refractivity contribution in [2.24, 2.45) is 5.92 Å². The van der Waals surface area contributed by atoms with Crippen LogP contribution in [0.15, 0.2) is 18.2 Å². The van der Waals surface area contributed by atoms with Gasteiger partial charge in [0.05, 0.1) is 12.0 Å². The molecule has 0 radical (unpaired) electrons. The summed E-state index contributed by atoms with van der Waals surface area (Å²) in [5.74, 6) is 0.717. The van der Waals surface area contributed by atoms with Gasteiger partial charge in [0.2, 0.25) is 23.7 Å². The van der Waals surface area contributed by atoms with Crippen LogP contribution < -0.4 is 14.8 Å². The summed E-state index contributed by atoms with van der Waals surface area (Å²) in [7, 11) is 1.71. The number of hydrogen-bond acceptors (Lipinski definition) is 7. The first-order valence-corrected chi connectivity index (χ1v) is 9.55. The van der Waals surface area contributed by atoms with Gasteiger partial charge in [-0.2, -0.15) is 0 Å². The quantitative estimate of drug-likeness (QED) is 0.865. The molecule has 2 aliphatic rings. The molecular formula is C18H20N4O4S. The van der Waals surface area contributed by atoms with E-state index in [1.807, 2.05) is 32.0 Å². The molecule has 1 aromatic heterocycles. The van der Waals surface area contributed by atoms with E-state index in [1.54, 1.807) is 11.9 Å². The highest BCUT2D eigenvalue weighted by molar-refractivity contribution is 7.15. The first-order valence-electron chi connectivity index (χ1n) is 8.73. The molecule has 1 fully saturated rings. The van der Waals surface area contributed by atoms with E-state index in [0.717, 1.165) is 10.6 Å². The summed E-state index contributed by atoms with van der Waals surface area (Å²) in [4.78, 5) is 26.8. The number of ether oxygens (including phenoxy) is 2. The Kier molecular flexibility index (Phi) is 4.47. The van der Waals surface area contributed by atoms with Crippen molar-refractivity contribution in [3.05, 3.63) is 28.8 Å². The molecule has 142 valence electrons. The minimum atomic E-state index is -0.519. The van der Waals surface area contributed by atoms with Crippen molar-refractivity contribution in [1.29, 1.82) is 0 Å². The third-order valence-electron chi connectivity index (χ3n) is 4.83. The standard InChI is InChI=1S/C18H20N4O4S/c1-9(2)17-20-21-18(27-17)19-16(24)11-7-14(23)22(3)15(11)10-4-5-12-13(6-10)26-8-25-12/h4-6,9,11,15H,7-8H2,1-3H3,(H,19,21,24)/t11-,15+/m1/s1. The maximum atomic E-state index is 12.9. The number of rotatable bonds is 4. The third kappa shape index (κ3) is 3.23. The number of aromatic nitrogens is 2. The Hall–Kier alpha value is -2.68. The molecule has 3 heterocycles. The summed E-state index contributed by atoms with van der Waals surface area (Å²) in [6, 6.07) is 5.15. The Morgan fingerprint density at radius 3 is 2.81 bits per heavy atom. The van der Waals surface area contributed by atoms with Gasteiger partial charge in [0.1, 0.15) is 5.01 Å². The number of likely N-dealkylation sites (tertiary alicyclic amines) is 1. The summed E-state index contributed by atoms with van der Waals surface area (Å²) < 4.78 is 10.8. The van der Waals surface area contributed by atoms with E-state index < -0.39 is 5.92 Å².